The van der Waals surface area contributed by atoms with E-state index in [0.717, 1.165) is 16.8 Å². The molecule has 1 aromatic heterocycles. The number of hydrazine groups is 1. The van der Waals surface area contributed by atoms with Gasteiger partial charge in [0.05, 0.1) is 12.8 Å². The van der Waals surface area contributed by atoms with E-state index >= 15 is 0 Å². The van der Waals surface area contributed by atoms with Crippen LogP contribution in [-0.4, -0.2) is 30.1 Å². The Morgan fingerprint density at radius 2 is 1.85 bits per heavy atom. The summed E-state index contributed by atoms with van der Waals surface area (Å²) in [5.41, 5.74) is 8.49. The van der Waals surface area contributed by atoms with Crippen molar-refractivity contribution in [3.8, 4) is 11.3 Å². The maximum Gasteiger partial charge on any atom is 0.407 e. The highest BCUT2D eigenvalue weighted by atomic mass is 16.5. The third-order valence-electron chi connectivity index (χ3n) is 3.92. The molecule has 27 heavy (non-hydrogen) atoms. The lowest BCUT2D eigenvalue weighted by Crippen LogP contribution is -2.51. The molecule has 0 aliphatic heterocycles. The Bertz CT molecular complexity index is 733. The second kappa shape index (κ2) is 10.3. The zero-order valence-electron chi connectivity index (χ0n) is 15.9. The lowest BCUT2D eigenvalue weighted by molar-refractivity contribution is -0.124. The summed E-state index contributed by atoms with van der Waals surface area (Å²) in [7, 11) is 1.27. The van der Waals surface area contributed by atoms with Gasteiger partial charge in [-0.2, -0.15) is 0 Å². The van der Waals surface area contributed by atoms with Crippen molar-refractivity contribution in [1.29, 1.82) is 0 Å². The first kappa shape index (κ1) is 20.4. The molecule has 0 saturated heterocycles. The molecular formula is C20H26N4O3. The number of nitrogens with one attached hydrogen (secondary N) is 3. The van der Waals surface area contributed by atoms with Gasteiger partial charge >= 0.3 is 6.09 Å². The maximum absolute atomic E-state index is 12.3. The van der Waals surface area contributed by atoms with Gasteiger partial charge in [-0.05, 0) is 30.0 Å². The minimum Gasteiger partial charge on any atom is -0.453 e. The highest BCUT2D eigenvalue weighted by Crippen LogP contribution is 2.16. The van der Waals surface area contributed by atoms with E-state index in [1.165, 1.54) is 7.11 Å². The maximum atomic E-state index is 12.3. The zero-order valence-corrected chi connectivity index (χ0v) is 15.9. The molecule has 0 unspecified atom stereocenters. The van der Waals surface area contributed by atoms with Crippen LogP contribution >= 0.6 is 0 Å². The zero-order chi connectivity index (χ0) is 19.6. The van der Waals surface area contributed by atoms with Crippen LogP contribution in [0.25, 0.3) is 11.3 Å². The molecule has 0 saturated carbocycles. The monoisotopic (exact) mass is 370 g/mol. The highest BCUT2D eigenvalue weighted by molar-refractivity contribution is 5.85. The number of hydrogen-bond acceptors (Lipinski definition) is 5. The molecule has 3 N–H and O–H groups in total. The van der Waals surface area contributed by atoms with Gasteiger partial charge in [-0.1, -0.05) is 44.2 Å². The van der Waals surface area contributed by atoms with Gasteiger partial charge in [0, 0.05) is 18.3 Å². The summed E-state index contributed by atoms with van der Waals surface area (Å²) in [5.74, 6) is -0.0590. The largest absolute Gasteiger partial charge is 0.453 e. The molecule has 2 aromatic rings. The second-order valence-corrected chi connectivity index (χ2v) is 6.57. The van der Waals surface area contributed by atoms with Gasteiger partial charge in [0.2, 0.25) is 0 Å². The van der Waals surface area contributed by atoms with E-state index in [1.807, 2.05) is 56.3 Å². The summed E-state index contributed by atoms with van der Waals surface area (Å²) in [6.07, 6.45) is 1.65. The lowest BCUT2D eigenvalue weighted by Gasteiger charge is -2.19. The number of carbonyl (C=O) groups excluding carboxylic acids is 2. The number of benzene rings is 1. The Balaban J connectivity index is 1.86. The van der Waals surface area contributed by atoms with Crippen LogP contribution < -0.4 is 16.2 Å². The van der Waals surface area contributed by atoms with Crippen LogP contribution in [0.4, 0.5) is 4.79 Å². The normalized spacial score (nSPS) is 11.7. The van der Waals surface area contributed by atoms with Gasteiger partial charge in [0.25, 0.3) is 5.91 Å². The lowest BCUT2D eigenvalue weighted by atomic mass is 10.0. The van der Waals surface area contributed by atoms with E-state index < -0.39 is 12.1 Å². The van der Waals surface area contributed by atoms with E-state index in [-0.39, 0.29) is 11.8 Å². The predicted octanol–water partition coefficient (Wildman–Crippen LogP) is 2.64. The molecule has 0 aliphatic carbocycles. The van der Waals surface area contributed by atoms with E-state index in [2.05, 4.69) is 25.9 Å². The van der Waals surface area contributed by atoms with E-state index in [9.17, 15) is 9.59 Å². The number of pyridine rings is 1. The van der Waals surface area contributed by atoms with Crippen molar-refractivity contribution < 1.29 is 14.3 Å². The standard InChI is InChI=1S/C20H26N4O3/c1-14(2)12-18(23-20(26)27-3)19(25)24-22-13-15-7-9-16(10-8-15)17-6-4-5-11-21-17/h4-11,14,18,22H,12-13H2,1-3H3,(H,23,26)(H,24,25)/t18-/m0/s1. The molecule has 2 rings (SSSR count). The molecule has 7 heteroatoms. The SMILES string of the molecule is COC(=O)N[C@@H](CC(C)C)C(=O)NNCc1ccc(-c2ccccn2)cc1. The highest BCUT2D eigenvalue weighted by Gasteiger charge is 2.21. The molecule has 1 atom stereocenters. The fourth-order valence-electron chi connectivity index (χ4n) is 2.55. The van der Waals surface area contributed by atoms with Crippen LogP contribution in [0.5, 0.6) is 0 Å². The third-order valence-corrected chi connectivity index (χ3v) is 3.92. The van der Waals surface area contributed by atoms with Gasteiger partial charge in [0.15, 0.2) is 0 Å². The van der Waals surface area contributed by atoms with Crippen molar-refractivity contribution in [3.63, 3.8) is 0 Å². The number of aromatic nitrogens is 1. The summed E-state index contributed by atoms with van der Waals surface area (Å²) in [6, 6.07) is 13.1. The van der Waals surface area contributed by atoms with Gasteiger partial charge in [-0.15, -0.1) is 0 Å². The van der Waals surface area contributed by atoms with E-state index in [4.69, 9.17) is 0 Å². The van der Waals surface area contributed by atoms with Crippen LogP contribution in [0, 0.1) is 5.92 Å². The number of ether oxygens (including phenoxy) is 1. The molecule has 2 amide bonds. The van der Waals surface area contributed by atoms with Crippen LogP contribution in [0.3, 0.4) is 0 Å². The summed E-state index contributed by atoms with van der Waals surface area (Å²) in [5, 5.41) is 2.55. The van der Waals surface area contributed by atoms with Gasteiger partial charge in [-0.3, -0.25) is 15.2 Å². The van der Waals surface area contributed by atoms with Crippen molar-refractivity contribution in [2.45, 2.75) is 32.9 Å². The van der Waals surface area contributed by atoms with Crippen molar-refractivity contribution in [3.05, 3.63) is 54.2 Å². The molecule has 0 spiro atoms. The topological polar surface area (TPSA) is 92.3 Å². The summed E-state index contributed by atoms with van der Waals surface area (Å²) in [6.45, 7) is 4.42. The first-order valence-electron chi connectivity index (χ1n) is 8.87. The Labute approximate surface area is 159 Å². The Kier molecular flexibility index (Phi) is 7.76. The molecule has 144 valence electrons. The van der Waals surface area contributed by atoms with Gasteiger partial charge < -0.3 is 10.1 Å². The number of carbonyl (C=O) groups is 2. The summed E-state index contributed by atoms with van der Waals surface area (Å²) >= 11 is 0. The molecule has 1 heterocycles. The Morgan fingerprint density at radius 3 is 2.44 bits per heavy atom. The molecule has 0 fully saturated rings. The fraction of sp³-hybridized carbons (Fsp3) is 0.350. The molecule has 0 aliphatic rings. The fourth-order valence-corrected chi connectivity index (χ4v) is 2.55. The van der Waals surface area contributed by atoms with E-state index in [1.54, 1.807) is 6.20 Å². The smallest absolute Gasteiger partial charge is 0.407 e. The number of alkyl carbamates (subject to hydrolysis) is 1. The number of hydrogen-bond donors (Lipinski definition) is 3. The first-order chi connectivity index (χ1) is 13.0. The van der Waals surface area contributed by atoms with Crippen molar-refractivity contribution >= 4 is 12.0 Å². The average Bonchev–Trinajstić information content (AvgIpc) is 2.68. The molecule has 7 nitrogen and oxygen atoms in total. The molecule has 0 radical (unpaired) electrons. The van der Waals surface area contributed by atoms with Crippen LogP contribution in [0.15, 0.2) is 48.7 Å². The Morgan fingerprint density at radius 1 is 1.11 bits per heavy atom. The van der Waals surface area contributed by atoms with E-state index in [0.29, 0.717) is 13.0 Å². The first-order valence-corrected chi connectivity index (χ1v) is 8.87. The quantitative estimate of drug-likeness (QED) is 0.621. The summed E-state index contributed by atoms with van der Waals surface area (Å²) in [4.78, 5) is 28.0. The second-order valence-electron chi connectivity index (χ2n) is 6.57. The van der Waals surface area contributed by atoms with Gasteiger partial charge in [-0.25, -0.2) is 10.2 Å². The van der Waals surface area contributed by atoms with Crippen LogP contribution in [0.1, 0.15) is 25.8 Å². The minimum absolute atomic E-state index is 0.247. The molecular weight excluding hydrogens is 344 g/mol. The minimum atomic E-state index is -0.656. The number of amides is 2. The van der Waals surface area contributed by atoms with Crippen molar-refractivity contribution in [2.24, 2.45) is 5.92 Å². The predicted molar refractivity (Wildman–Crippen MR) is 103 cm³/mol. The number of rotatable bonds is 8. The van der Waals surface area contributed by atoms with Crippen molar-refractivity contribution in [1.82, 2.24) is 21.2 Å². The molecule has 0 bridgehead atoms. The van der Waals surface area contributed by atoms with Crippen LogP contribution in [0.2, 0.25) is 0 Å². The third kappa shape index (κ3) is 6.71. The van der Waals surface area contributed by atoms with Crippen molar-refractivity contribution in [2.75, 3.05) is 7.11 Å². The average molecular weight is 370 g/mol. The molecule has 1 aromatic carbocycles. The van der Waals surface area contributed by atoms with Gasteiger partial charge in [0.1, 0.15) is 6.04 Å². The number of methoxy groups -OCH3 is 1. The Hall–Kier alpha value is -2.93. The van der Waals surface area contributed by atoms with Crippen LogP contribution in [-0.2, 0) is 16.1 Å². The summed E-state index contributed by atoms with van der Waals surface area (Å²) < 4.78 is 4.58. The number of nitrogens with zero attached hydrogens (tertiary/aromatic N) is 1.